The lowest BCUT2D eigenvalue weighted by atomic mass is 10.2. The first-order chi connectivity index (χ1) is 11.2. The maximum absolute atomic E-state index is 11.7. The van der Waals surface area contributed by atoms with E-state index in [0.29, 0.717) is 6.61 Å². The molecule has 7 heteroatoms. The number of hydrogen-bond acceptors (Lipinski definition) is 5. The molecular weight excluding hydrogens is 300 g/mol. The minimum atomic E-state index is -1.03. The molecule has 7 nitrogen and oxygen atoms in total. The van der Waals surface area contributed by atoms with Crippen molar-refractivity contribution in [2.75, 3.05) is 13.2 Å². The Bertz CT molecular complexity index is 579. The van der Waals surface area contributed by atoms with Crippen LogP contribution in [0.5, 0.6) is 0 Å². The zero-order chi connectivity index (χ0) is 16.9. The molecular formula is C16H18N2O5. The van der Waals surface area contributed by atoms with Gasteiger partial charge in [0.15, 0.2) is 6.10 Å². The Hall–Kier alpha value is -2.76. The molecule has 0 heterocycles. The van der Waals surface area contributed by atoms with E-state index in [4.69, 9.17) is 15.0 Å². The zero-order valence-corrected chi connectivity index (χ0v) is 12.8. The molecule has 0 amide bonds. The average Bonchev–Trinajstić information content (AvgIpc) is 2.55. The van der Waals surface area contributed by atoms with Gasteiger partial charge in [-0.3, -0.25) is 4.79 Å². The number of carbonyl (C=O) groups is 2. The lowest BCUT2D eigenvalue weighted by Gasteiger charge is -2.12. The molecule has 0 N–H and O–H groups in total. The number of benzene rings is 1. The fourth-order valence-corrected chi connectivity index (χ4v) is 1.57. The smallest absolute Gasteiger partial charge is 0.333 e. The van der Waals surface area contributed by atoms with Crippen molar-refractivity contribution in [2.45, 2.75) is 19.6 Å². The molecule has 0 bridgehead atoms. The average molecular weight is 318 g/mol. The highest BCUT2D eigenvalue weighted by Gasteiger charge is 2.21. The van der Waals surface area contributed by atoms with E-state index in [0.717, 1.165) is 24.1 Å². The van der Waals surface area contributed by atoms with Crippen molar-refractivity contribution in [2.24, 2.45) is 0 Å². The zero-order valence-electron chi connectivity index (χ0n) is 12.8. The van der Waals surface area contributed by atoms with Crippen LogP contribution in [0.1, 0.15) is 12.5 Å². The molecule has 1 aromatic rings. The van der Waals surface area contributed by atoms with Crippen LogP contribution in [0.25, 0.3) is 5.53 Å². The lowest BCUT2D eigenvalue weighted by Crippen LogP contribution is -2.29. The van der Waals surface area contributed by atoms with E-state index in [1.165, 1.54) is 0 Å². The van der Waals surface area contributed by atoms with Gasteiger partial charge in [-0.2, -0.15) is 4.79 Å². The minimum absolute atomic E-state index is 0.0626. The van der Waals surface area contributed by atoms with Gasteiger partial charge in [-0.1, -0.05) is 30.3 Å². The van der Waals surface area contributed by atoms with Crippen molar-refractivity contribution < 1.29 is 28.6 Å². The molecule has 122 valence electrons. The molecule has 0 spiro atoms. The first-order valence-electron chi connectivity index (χ1n) is 6.99. The number of carbonyl (C=O) groups excluding carboxylic acids is 2. The van der Waals surface area contributed by atoms with E-state index in [1.54, 1.807) is 6.92 Å². The summed E-state index contributed by atoms with van der Waals surface area (Å²) in [5.74, 6) is -1.17. The third-order valence-corrected chi connectivity index (χ3v) is 2.62. The molecule has 0 aromatic heterocycles. The third-order valence-electron chi connectivity index (χ3n) is 2.62. The van der Waals surface area contributed by atoms with Crippen molar-refractivity contribution in [1.29, 1.82) is 0 Å². The van der Waals surface area contributed by atoms with Gasteiger partial charge in [0.2, 0.25) is 0 Å². The van der Waals surface area contributed by atoms with E-state index < -0.39 is 17.9 Å². The van der Waals surface area contributed by atoms with Crippen LogP contribution in [0.2, 0.25) is 0 Å². The van der Waals surface area contributed by atoms with Crippen LogP contribution in [-0.2, 0) is 30.4 Å². The molecule has 1 aromatic carbocycles. The number of rotatable bonds is 10. The summed E-state index contributed by atoms with van der Waals surface area (Å²) in [7, 11) is 0. The van der Waals surface area contributed by atoms with Crippen molar-refractivity contribution in [3.8, 4) is 0 Å². The SMILES string of the molecule is CCOC(=O)/C=C/OC(COCc1ccccc1)C(=O)C=[N+]=[N-]. The summed E-state index contributed by atoms with van der Waals surface area (Å²) in [6, 6.07) is 9.40. The van der Waals surface area contributed by atoms with Crippen LogP contribution in [0.3, 0.4) is 0 Å². The van der Waals surface area contributed by atoms with Gasteiger partial charge in [0, 0.05) is 0 Å². The summed E-state index contributed by atoms with van der Waals surface area (Å²) in [6.07, 6.45) is 1.80. The van der Waals surface area contributed by atoms with E-state index in [9.17, 15) is 9.59 Å². The Morgan fingerprint density at radius 2 is 2.04 bits per heavy atom. The van der Waals surface area contributed by atoms with Gasteiger partial charge in [-0.25, -0.2) is 4.79 Å². The topological polar surface area (TPSA) is 98.2 Å². The number of ether oxygens (including phenoxy) is 3. The highest BCUT2D eigenvalue weighted by molar-refractivity contribution is 6.27. The number of Topliss-reactive ketones (excluding diaryl/α,β-unsaturated/α-hetero) is 1. The molecule has 0 saturated carbocycles. The maximum Gasteiger partial charge on any atom is 0.333 e. The van der Waals surface area contributed by atoms with Gasteiger partial charge in [-0.05, 0) is 12.5 Å². The van der Waals surface area contributed by atoms with E-state index in [1.807, 2.05) is 30.3 Å². The monoisotopic (exact) mass is 318 g/mol. The Morgan fingerprint density at radius 3 is 2.70 bits per heavy atom. The molecule has 0 aliphatic heterocycles. The van der Waals surface area contributed by atoms with Gasteiger partial charge in [0.25, 0.3) is 5.78 Å². The summed E-state index contributed by atoms with van der Waals surface area (Å²) < 4.78 is 15.3. The van der Waals surface area contributed by atoms with Gasteiger partial charge in [0.1, 0.15) is 0 Å². The Kier molecular flexibility index (Phi) is 8.66. The van der Waals surface area contributed by atoms with Crippen LogP contribution >= 0.6 is 0 Å². The number of nitrogens with zero attached hydrogens (tertiary/aromatic N) is 2. The molecule has 0 saturated heterocycles. The van der Waals surface area contributed by atoms with Crippen molar-refractivity contribution in [1.82, 2.24) is 0 Å². The predicted molar refractivity (Wildman–Crippen MR) is 81.4 cm³/mol. The van der Waals surface area contributed by atoms with Crippen molar-refractivity contribution in [3.63, 3.8) is 0 Å². The van der Waals surface area contributed by atoms with Crippen LogP contribution < -0.4 is 0 Å². The van der Waals surface area contributed by atoms with Gasteiger partial charge < -0.3 is 19.7 Å². The van der Waals surface area contributed by atoms with Gasteiger partial charge in [-0.15, -0.1) is 0 Å². The summed E-state index contributed by atoms with van der Waals surface area (Å²) in [6.45, 7) is 2.15. The molecule has 1 unspecified atom stereocenters. The molecule has 0 aliphatic carbocycles. The highest BCUT2D eigenvalue weighted by atomic mass is 16.5. The predicted octanol–water partition coefficient (Wildman–Crippen LogP) is 1.53. The van der Waals surface area contributed by atoms with Crippen LogP contribution in [0.15, 0.2) is 42.7 Å². The number of ketones is 1. The molecule has 0 aliphatic rings. The molecule has 0 radical (unpaired) electrons. The third kappa shape index (κ3) is 7.71. The lowest BCUT2D eigenvalue weighted by molar-refractivity contribution is -0.137. The van der Waals surface area contributed by atoms with Gasteiger partial charge in [0.05, 0.1) is 32.2 Å². The molecule has 0 fully saturated rings. The Balaban J connectivity index is 2.53. The van der Waals surface area contributed by atoms with Crippen molar-refractivity contribution in [3.05, 3.63) is 53.8 Å². The summed E-state index contributed by atoms with van der Waals surface area (Å²) in [5.41, 5.74) is 9.37. The van der Waals surface area contributed by atoms with E-state index in [-0.39, 0.29) is 13.2 Å². The summed E-state index contributed by atoms with van der Waals surface area (Å²) >= 11 is 0. The number of hydrogen-bond donors (Lipinski definition) is 0. The summed E-state index contributed by atoms with van der Waals surface area (Å²) in [5, 5.41) is 0. The van der Waals surface area contributed by atoms with Crippen LogP contribution in [0, 0.1) is 0 Å². The minimum Gasteiger partial charge on any atom is -0.487 e. The first-order valence-corrected chi connectivity index (χ1v) is 6.99. The molecule has 1 rings (SSSR count). The molecule has 23 heavy (non-hydrogen) atoms. The quantitative estimate of drug-likeness (QED) is 0.163. The molecule has 1 atom stereocenters. The first kappa shape index (κ1) is 18.3. The fraction of sp³-hybridized carbons (Fsp3) is 0.312. The second kappa shape index (κ2) is 10.9. The standard InChI is InChI=1S/C16H18N2O5/c1-2-22-16(20)8-9-23-15(14(19)10-18-17)12-21-11-13-6-4-3-5-7-13/h3-10,15H,2,11-12H2,1H3/b9-8+. The number of esters is 1. The largest absolute Gasteiger partial charge is 0.487 e. The van der Waals surface area contributed by atoms with E-state index >= 15 is 0 Å². The van der Waals surface area contributed by atoms with Gasteiger partial charge >= 0.3 is 12.2 Å². The Morgan fingerprint density at radius 1 is 1.30 bits per heavy atom. The second-order valence-corrected chi connectivity index (χ2v) is 4.33. The second-order valence-electron chi connectivity index (χ2n) is 4.33. The highest BCUT2D eigenvalue weighted by Crippen LogP contribution is 2.03. The summed E-state index contributed by atoms with van der Waals surface area (Å²) in [4.78, 5) is 25.5. The fourth-order valence-electron chi connectivity index (χ4n) is 1.57. The van der Waals surface area contributed by atoms with Crippen LogP contribution in [-0.4, -0.2) is 42.1 Å². The van der Waals surface area contributed by atoms with Crippen LogP contribution in [0.4, 0.5) is 0 Å². The van der Waals surface area contributed by atoms with Crippen molar-refractivity contribution >= 4 is 18.0 Å². The van der Waals surface area contributed by atoms with E-state index in [2.05, 4.69) is 9.53 Å². The normalized spacial score (nSPS) is 11.5. The Labute approximate surface area is 134 Å². The maximum atomic E-state index is 11.7.